The third-order valence-electron chi connectivity index (χ3n) is 3.87. The van der Waals surface area contributed by atoms with Crippen LogP contribution in [0.5, 0.6) is 0 Å². The van der Waals surface area contributed by atoms with Crippen LogP contribution in [0.25, 0.3) is 0 Å². The third-order valence-corrected chi connectivity index (χ3v) is 3.87. The van der Waals surface area contributed by atoms with Crippen LogP contribution < -0.4 is 0 Å². The highest BCUT2D eigenvalue weighted by Crippen LogP contribution is 2.33. The summed E-state index contributed by atoms with van der Waals surface area (Å²) in [6.45, 7) is 2.17. The van der Waals surface area contributed by atoms with E-state index in [9.17, 15) is 9.18 Å². The summed E-state index contributed by atoms with van der Waals surface area (Å²) >= 11 is 0. The maximum atomic E-state index is 13.6. The predicted octanol–water partition coefficient (Wildman–Crippen LogP) is 4.22. The molecule has 2 rings (SSSR count). The van der Waals surface area contributed by atoms with Crippen LogP contribution in [0.1, 0.15) is 49.4 Å². The average molecular weight is 234 g/mol. The normalized spacial score (nSPS) is 24.6. The quantitative estimate of drug-likeness (QED) is 0.715. The highest BCUT2D eigenvalue weighted by Gasteiger charge is 2.28. The van der Waals surface area contributed by atoms with Crippen LogP contribution in [0.4, 0.5) is 4.39 Å². The Kier molecular flexibility index (Phi) is 3.93. The summed E-state index contributed by atoms with van der Waals surface area (Å²) in [5, 5.41) is 0. The maximum Gasteiger partial charge on any atom is 0.168 e. The Bertz CT molecular complexity index is 400. The van der Waals surface area contributed by atoms with Crippen molar-refractivity contribution in [2.45, 2.75) is 39.0 Å². The second-order valence-corrected chi connectivity index (χ2v) is 4.98. The van der Waals surface area contributed by atoms with Crippen molar-refractivity contribution in [3.05, 3.63) is 35.6 Å². The van der Waals surface area contributed by atoms with Crippen LogP contribution in [0.3, 0.4) is 0 Å². The van der Waals surface area contributed by atoms with E-state index in [-0.39, 0.29) is 23.1 Å². The number of rotatable bonds is 3. The summed E-state index contributed by atoms with van der Waals surface area (Å²) < 4.78 is 13.6. The summed E-state index contributed by atoms with van der Waals surface area (Å²) in [6, 6.07) is 6.33. The van der Waals surface area contributed by atoms with E-state index in [4.69, 9.17) is 0 Å². The highest BCUT2D eigenvalue weighted by molar-refractivity contribution is 5.98. The molecule has 0 aliphatic heterocycles. The lowest BCUT2D eigenvalue weighted by atomic mass is 9.77. The Balaban J connectivity index is 2.12. The first-order valence-corrected chi connectivity index (χ1v) is 6.51. The van der Waals surface area contributed by atoms with E-state index in [1.165, 1.54) is 12.5 Å². The molecule has 1 aromatic carbocycles. The molecule has 0 radical (unpaired) electrons. The summed E-state index contributed by atoms with van der Waals surface area (Å²) in [6.07, 6.45) is 5.30. The van der Waals surface area contributed by atoms with Gasteiger partial charge in [-0.3, -0.25) is 4.79 Å². The number of hydrogen-bond acceptors (Lipinski definition) is 1. The van der Waals surface area contributed by atoms with Crippen LogP contribution in [-0.2, 0) is 0 Å². The minimum Gasteiger partial charge on any atom is -0.294 e. The molecule has 0 spiro atoms. The van der Waals surface area contributed by atoms with Gasteiger partial charge in [0.1, 0.15) is 5.82 Å². The number of carbonyl (C=O) groups excluding carboxylic acids is 1. The first-order valence-electron chi connectivity index (χ1n) is 6.51. The van der Waals surface area contributed by atoms with Crippen LogP contribution in [0.15, 0.2) is 24.3 Å². The van der Waals surface area contributed by atoms with E-state index in [0.717, 1.165) is 25.7 Å². The van der Waals surface area contributed by atoms with Crippen LogP contribution in [0, 0.1) is 17.7 Å². The molecule has 92 valence electrons. The average Bonchev–Trinajstić information content (AvgIpc) is 2.38. The summed E-state index contributed by atoms with van der Waals surface area (Å²) in [5.41, 5.74) is 0.272. The first-order chi connectivity index (χ1) is 8.22. The molecule has 1 aromatic rings. The Morgan fingerprint density at radius 2 is 2.12 bits per heavy atom. The van der Waals surface area contributed by atoms with E-state index < -0.39 is 0 Å². The van der Waals surface area contributed by atoms with Gasteiger partial charge in [-0.15, -0.1) is 0 Å². The van der Waals surface area contributed by atoms with Crippen LogP contribution >= 0.6 is 0 Å². The Labute approximate surface area is 102 Å². The molecule has 1 nitrogen and oxygen atoms in total. The molecule has 1 fully saturated rings. The van der Waals surface area contributed by atoms with Crippen molar-refractivity contribution >= 4 is 5.78 Å². The van der Waals surface area contributed by atoms with Gasteiger partial charge in [0, 0.05) is 5.92 Å². The fourth-order valence-electron chi connectivity index (χ4n) is 2.78. The second-order valence-electron chi connectivity index (χ2n) is 4.98. The maximum absolute atomic E-state index is 13.6. The van der Waals surface area contributed by atoms with E-state index in [2.05, 4.69) is 6.92 Å². The van der Waals surface area contributed by atoms with Crippen LogP contribution in [0.2, 0.25) is 0 Å². The smallest absolute Gasteiger partial charge is 0.168 e. The van der Waals surface area contributed by atoms with Gasteiger partial charge in [0.15, 0.2) is 5.78 Å². The lowest BCUT2D eigenvalue weighted by molar-refractivity contribution is 0.0857. The molecule has 2 heteroatoms. The van der Waals surface area contributed by atoms with E-state index in [0.29, 0.717) is 5.92 Å². The highest BCUT2D eigenvalue weighted by atomic mass is 19.1. The van der Waals surface area contributed by atoms with Gasteiger partial charge >= 0.3 is 0 Å². The van der Waals surface area contributed by atoms with Gasteiger partial charge in [-0.1, -0.05) is 38.3 Å². The second kappa shape index (κ2) is 5.44. The molecule has 17 heavy (non-hydrogen) atoms. The zero-order chi connectivity index (χ0) is 12.3. The molecule has 2 atom stereocenters. The van der Waals surface area contributed by atoms with E-state index in [1.54, 1.807) is 18.2 Å². The topological polar surface area (TPSA) is 17.1 Å². The van der Waals surface area contributed by atoms with Gasteiger partial charge in [-0.05, 0) is 30.9 Å². The van der Waals surface area contributed by atoms with Gasteiger partial charge in [-0.25, -0.2) is 4.39 Å². The zero-order valence-corrected chi connectivity index (χ0v) is 10.3. The number of halogens is 1. The molecule has 1 saturated carbocycles. The van der Waals surface area contributed by atoms with Crippen molar-refractivity contribution in [2.75, 3.05) is 0 Å². The summed E-state index contributed by atoms with van der Waals surface area (Å²) in [7, 11) is 0. The largest absolute Gasteiger partial charge is 0.294 e. The number of hydrogen-bond donors (Lipinski definition) is 0. The number of Topliss-reactive ketones (excluding diaryl/α,β-unsaturated/α-hetero) is 1. The Morgan fingerprint density at radius 3 is 2.82 bits per heavy atom. The molecule has 0 N–H and O–H groups in total. The van der Waals surface area contributed by atoms with Gasteiger partial charge < -0.3 is 0 Å². The molecule has 0 heterocycles. The SMILES string of the molecule is CCC1CCCC(C(=O)c2ccccc2F)C1. The van der Waals surface area contributed by atoms with Gasteiger partial charge in [-0.2, -0.15) is 0 Å². The summed E-state index contributed by atoms with van der Waals surface area (Å²) in [5.74, 6) is 0.299. The predicted molar refractivity (Wildman–Crippen MR) is 66.5 cm³/mol. The minimum atomic E-state index is -0.379. The molecule has 1 aliphatic carbocycles. The van der Waals surface area contributed by atoms with Gasteiger partial charge in [0.2, 0.25) is 0 Å². The lowest BCUT2D eigenvalue weighted by Gasteiger charge is -2.27. The fraction of sp³-hybridized carbons (Fsp3) is 0.533. The molecule has 0 bridgehead atoms. The van der Waals surface area contributed by atoms with Crippen molar-refractivity contribution in [3.63, 3.8) is 0 Å². The molecule has 2 unspecified atom stereocenters. The minimum absolute atomic E-state index is 0.00116. The molecule has 0 aromatic heterocycles. The van der Waals surface area contributed by atoms with E-state index >= 15 is 0 Å². The zero-order valence-electron chi connectivity index (χ0n) is 10.3. The molecule has 0 saturated heterocycles. The van der Waals surface area contributed by atoms with Gasteiger partial charge in [0.25, 0.3) is 0 Å². The Morgan fingerprint density at radius 1 is 1.35 bits per heavy atom. The van der Waals surface area contributed by atoms with Crippen molar-refractivity contribution in [3.8, 4) is 0 Å². The molecular weight excluding hydrogens is 215 g/mol. The lowest BCUT2D eigenvalue weighted by Crippen LogP contribution is -2.23. The monoisotopic (exact) mass is 234 g/mol. The third kappa shape index (κ3) is 2.74. The molecule has 0 amide bonds. The standard InChI is InChI=1S/C15H19FO/c1-2-11-6-5-7-12(10-11)15(17)13-8-3-4-9-14(13)16/h3-4,8-9,11-12H,2,5-7,10H2,1H3. The van der Waals surface area contributed by atoms with E-state index in [1.807, 2.05) is 0 Å². The molecular formula is C15H19FO. The Hall–Kier alpha value is -1.18. The van der Waals surface area contributed by atoms with Crippen molar-refractivity contribution < 1.29 is 9.18 Å². The van der Waals surface area contributed by atoms with Crippen molar-refractivity contribution in [1.29, 1.82) is 0 Å². The number of benzene rings is 1. The molecule has 1 aliphatic rings. The van der Waals surface area contributed by atoms with Gasteiger partial charge in [0.05, 0.1) is 5.56 Å². The number of ketones is 1. The van der Waals surface area contributed by atoms with Crippen molar-refractivity contribution in [1.82, 2.24) is 0 Å². The fourth-order valence-corrected chi connectivity index (χ4v) is 2.78. The number of carbonyl (C=O) groups is 1. The van der Waals surface area contributed by atoms with Crippen molar-refractivity contribution in [2.24, 2.45) is 11.8 Å². The van der Waals surface area contributed by atoms with Crippen LogP contribution in [-0.4, -0.2) is 5.78 Å². The first kappa shape index (κ1) is 12.3. The summed E-state index contributed by atoms with van der Waals surface area (Å²) in [4.78, 5) is 12.2.